The van der Waals surface area contributed by atoms with E-state index in [1.165, 1.54) is 70.6 Å². The number of unbranched alkanes of at least 4 members (excludes halogenated alkanes) is 12. The third-order valence-corrected chi connectivity index (χ3v) is 10.6. The number of amides is 1. The molecule has 1 saturated heterocycles. The molecule has 3 aromatic rings. The Kier molecular flexibility index (Phi) is 16.8. The number of thioether (sulfide) groups is 1. The molecule has 262 valence electrons. The zero-order chi connectivity index (χ0) is 34.0. The molecule has 0 bridgehead atoms. The number of carbonyl (C=O) groups is 1. The zero-order valence-electron chi connectivity index (χ0n) is 29.2. The molecular formula is C41H58N2O4S. The van der Waals surface area contributed by atoms with Crippen LogP contribution in [-0.4, -0.2) is 22.9 Å². The Bertz CT molecular complexity index is 1350. The predicted molar refractivity (Wildman–Crippen MR) is 200 cm³/mol. The van der Waals surface area contributed by atoms with E-state index in [1.807, 2.05) is 72.8 Å². The van der Waals surface area contributed by atoms with Crippen LogP contribution in [0.3, 0.4) is 0 Å². The molecule has 1 amide bonds. The van der Waals surface area contributed by atoms with Crippen LogP contribution in [0.4, 0.5) is 11.4 Å². The number of aliphatic hydroxyl groups is 1. The van der Waals surface area contributed by atoms with Gasteiger partial charge in [0.05, 0.1) is 18.8 Å². The van der Waals surface area contributed by atoms with E-state index >= 15 is 0 Å². The molecule has 1 heterocycles. The quantitative estimate of drug-likeness (QED) is 0.0591. The summed E-state index contributed by atoms with van der Waals surface area (Å²) >= 11 is 1.69. The molecular weight excluding hydrogens is 617 g/mol. The summed E-state index contributed by atoms with van der Waals surface area (Å²) in [6, 6.07) is 23.7. The van der Waals surface area contributed by atoms with Crippen LogP contribution < -0.4 is 11.1 Å². The van der Waals surface area contributed by atoms with Crippen LogP contribution in [0.1, 0.15) is 133 Å². The van der Waals surface area contributed by atoms with Gasteiger partial charge < -0.3 is 25.6 Å². The number of carbonyl (C=O) groups excluding carboxylic acids is 1. The van der Waals surface area contributed by atoms with Gasteiger partial charge in [0, 0.05) is 39.9 Å². The zero-order valence-corrected chi connectivity index (χ0v) is 30.0. The minimum atomic E-state index is -0.597. The van der Waals surface area contributed by atoms with E-state index < -0.39 is 6.29 Å². The van der Waals surface area contributed by atoms with Crippen LogP contribution in [0.5, 0.6) is 0 Å². The third kappa shape index (κ3) is 12.6. The highest BCUT2D eigenvalue weighted by molar-refractivity contribution is 7.99. The van der Waals surface area contributed by atoms with Crippen LogP contribution in [0.15, 0.2) is 77.7 Å². The molecule has 7 heteroatoms. The number of hydrogen-bond donors (Lipinski definition) is 3. The van der Waals surface area contributed by atoms with Gasteiger partial charge in [-0.1, -0.05) is 139 Å². The molecule has 0 aromatic heterocycles. The molecule has 4 rings (SSSR count). The summed E-state index contributed by atoms with van der Waals surface area (Å²) in [6.07, 6.45) is 16.4. The van der Waals surface area contributed by atoms with Crippen molar-refractivity contribution in [2.45, 2.75) is 134 Å². The summed E-state index contributed by atoms with van der Waals surface area (Å²) in [5.41, 5.74) is 10.5. The number of nitrogens with two attached hydrogens (primary N) is 1. The van der Waals surface area contributed by atoms with Gasteiger partial charge in [-0.15, -0.1) is 11.8 Å². The first kappa shape index (κ1) is 38.0. The van der Waals surface area contributed by atoms with Crippen molar-refractivity contribution < 1.29 is 19.4 Å². The minimum absolute atomic E-state index is 0.00270. The van der Waals surface area contributed by atoms with E-state index in [0.717, 1.165) is 51.6 Å². The first-order valence-corrected chi connectivity index (χ1v) is 19.3. The molecule has 4 N–H and O–H groups in total. The van der Waals surface area contributed by atoms with Gasteiger partial charge in [-0.3, -0.25) is 4.79 Å². The number of hydrogen-bond acceptors (Lipinski definition) is 6. The Morgan fingerprint density at radius 3 is 2.08 bits per heavy atom. The summed E-state index contributed by atoms with van der Waals surface area (Å²) in [4.78, 5) is 13.9. The molecule has 0 saturated carbocycles. The second kappa shape index (κ2) is 21.3. The summed E-state index contributed by atoms with van der Waals surface area (Å²) in [5, 5.41) is 12.7. The van der Waals surface area contributed by atoms with Gasteiger partial charge >= 0.3 is 0 Å². The topological polar surface area (TPSA) is 93.8 Å². The number of benzene rings is 3. The van der Waals surface area contributed by atoms with Crippen molar-refractivity contribution in [2.24, 2.45) is 5.92 Å². The molecule has 6 nitrogen and oxygen atoms in total. The number of rotatable bonds is 21. The molecule has 0 aliphatic carbocycles. The third-order valence-electron chi connectivity index (χ3n) is 9.40. The Labute approximate surface area is 293 Å². The van der Waals surface area contributed by atoms with Crippen molar-refractivity contribution in [2.75, 3.05) is 16.8 Å². The average molecular weight is 675 g/mol. The highest BCUT2D eigenvalue weighted by atomic mass is 32.2. The van der Waals surface area contributed by atoms with Gasteiger partial charge in [0.1, 0.15) is 0 Å². The van der Waals surface area contributed by atoms with Gasteiger partial charge in [-0.2, -0.15) is 0 Å². The molecule has 1 aliphatic rings. The van der Waals surface area contributed by atoms with Gasteiger partial charge in [-0.05, 0) is 41.8 Å². The monoisotopic (exact) mass is 674 g/mol. The summed E-state index contributed by atoms with van der Waals surface area (Å²) in [7, 11) is 0. The van der Waals surface area contributed by atoms with Crippen LogP contribution in [0, 0.1) is 5.92 Å². The van der Waals surface area contributed by atoms with Crippen LogP contribution >= 0.6 is 11.8 Å². The second-order valence-electron chi connectivity index (χ2n) is 13.3. The number of para-hydroxylation sites is 1. The fourth-order valence-corrected chi connectivity index (χ4v) is 7.52. The van der Waals surface area contributed by atoms with Crippen LogP contribution in [-0.2, 0) is 20.9 Å². The van der Waals surface area contributed by atoms with E-state index in [9.17, 15) is 9.90 Å². The summed E-state index contributed by atoms with van der Waals surface area (Å²) < 4.78 is 13.3. The van der Waals surface area contributed by atoms with Gasteiger partial charge in [0.15, 0.2) is 6.29 Å². The van der Waals surface area contributed by atoms with Crippen molar-refractivity contribution in [3.05, 3.63) is 89.5 Å². The summed E-state index contributed by atoms with van der Waals surface area (Å²) in [6.45, 7) is 4.43. The molecule has 4 unspecified atom stereocenters. The fraction of sp³-hybridized carbons (Fsp3) is 0.537. The molecule has 1 aliphatic heterocycles. The molecule has 3 aromatic carbocycles. The lowest BCUT2D eigenvalue weighted by Crippen LogP contribution is -2.38. The number of nitrogen functional groups attached to an aromatic ring is 1. The normalized spacial score (nSPS) is 19.3. The van der Waals surface area contributed by atoms with Crippen molar-refractivity contribution in [1.29, 1.82) is 0 Å². The lowest BCUT2D eigenvalue weighted by atomic mass is 9.91. The van der Waals surface area contributed by atoms with E-state index in [4.69, 9.17) is 15.2 Å². The Morgan fingerprint density at radius 1 is 0.792 bits per heavy atom. The van der Waals surface area contributed by atoms with E-state index in [0.29, 0.717) is 6.42 Å². The summed E-state index contributed by atoms with van der Waals surface area (Å²) in [5.74, 6) is 0.837. The minimum Gasteiger partial charge on any atom is -0.398 e. The lowest BCUT2D eigenvalue weighted by Gasteiger charge is -2.41. The van der Waals surface area contributed by atoms with E-state index in [2.05, 4.69) is 19.2 Å². The maximum Gasteiger partial charge on any atom is 0.224 e. The number of anilines is 2. The molecule has 4 atom stereocenters. The molecule has 0 radical (unpaired) electrons. The Morgan fingerprint density at radius 2 is 1.44 bits per heavy atom. The lowest BCUT2D eigenvalue weighted by molar-refractivity contribution is -0.268. The highest BCUT2D eigenvalue weighted by Gasteiger charge is 2.38. The maximum atomic E-state index is 12.8. The van der Waals surface area contributed by atoms with Gasteiger partial charge in [0.25, 0.3) is 0 Å². The van der Waals surface area contributed by atoms with Crippen molar-refractivity contribution >= 4 is 29.0 Å². The standard InChI is InChI=1S/C41H58N2O4S/c1-3-4-5-6-7-8-9-10-11-12-13-14-15-23-39(45)43-35-20-18-19-34(28-35)41-46-37(30-48-38-22-17-16-21-36(38)42)31(2)40(47-41)33-26-24-32(29-44)25-27-33/h16-22,24-28,31,37,40-41,44H,3-15,23,29-30,42H2,1-2H3,(H,43,45). The maximum absolute atomic E-state index is 12.8. The van der Waals surface area contributed by atoms with E-state index in [1.54, 1.807) is 11.8 Å². The smallest absolute Gasteiger partial charge is 0.224 e. The van der Waals surface area contributed by atoms with Crippen molar-refractivity contribution in [1.82, 2.24) is 0 Å². The molecule has 0 spiro atoms. The number of aliphatic hydroxyl groups excluding tert-OH is 1. The molecule has 48 heavy (non-hydrogen) atoms. The van der Waals surface area contributed by atoms with E-state index in [-0.39, 0.29) is 30.6 Å². The Hall–Kier alpha value is -2.84. The second-order valence-corrected chi connectivity index (χ2v) is 14.4. The first-order chi connectivity index (χ1) is 23.5. The van der Waals surface area contributed by atoms with Gasteiger partial charge in [-0.25, -0.2) is 0 Å². The predicted octanol–water partition coefficient (Wildman–Crippen LogP) is 10.8. The fourth-order valence-electron chi connectivity index (χ4n) is 6.38. The Balaban J connectivity index is 1.27. The highest BCUT2D eigenvalue weighted by Crippen LogP contribution is 2.43. The van der Waals surface area contributed by atoms with Crippen molar-refractivity contribution in [3.63, 3.8) is 0 Å². The van der Waals surface area contributed by atoms with Crippen LogP contribution in [0.25, 0.3) is 0 Å². The van der Waals surface area contributed by atoms with Crippen LogP contribution in [0.2, 0.25) is 0 Å². The number of nitrogens with one attached hydrogen (secondary N) is 1. The average Bonchev–Trinajstić information content (AvgIpc) is 3.10. The number of ether oxygens (including phenoxy) is 2. The SMILES string of the molecule is CCCCCCCCCCCCCCCC(=O)Nc1cccc(C2OC(CSc3ccccc3N)C(C)C(c3ccc(CO)cc3)O2)c1. The molecule has 1 fully saturated rings. The van der Waals surface area contributed by atoms with Crippen molar-refractivity contribution in [3.8, 4) is 0 Å². The first-order valence-electron chi connectivity index (χ1n) is 18.4. The largest absolute Gasteiger partial charge is 0.398 e. The van der Waals surface area contributed by atoms with Gasteiger partial charge in [0.2, 0.25) is 5.91 Å².